The normalized spacial score (nSPS) is 31.8. The molecule has 1 aliphatic heterocycles. The van der Waals surface area contributed by atoms with Crippen molar-refractivity contribution in [3.63, 3.8) is 0 Å². The van der Waals surface area contributed by atoms with Crippen molar-refractivity contribution in [2.75, 3.05) is 19.6 Å². The Kier molecular flexibility index (Phi) is 4.87. The lowest BCUT2D eigenvalue weighted by molar-refractivity contribution is -0.0959. The molecule has 2 nitrogen and oxygen atoms in total. The molecule has 0 amide bonds. The first-order valence-corrected chi connectivity index (χ1v) is 7.55. The minimum Gasteiger partial charge on any atom is -0.375 e. The quantitative estimate of drug-likeness (QED) is 0.730. The van der Waals surface area contributed by atoms with E-state index in [1.807, 2.05) is 0 Å². The van der Waals surface area contributed by atoms with Crippen molar-refractivity contribution in [2.45, 2.75) is 65.1 Å². The van der Waals surface area contributed by atoms with E-state index in [0.717, 1.165) is 11.8 Å². The van der Waals surface area contributed by atoms with Gasteiger partial charge in [0.25, 0.3) is 0 Å². The first-order valence-electron chi connectivity index (χ1n) is 7.55. The molecule has 0 radical (unpaired) electrons. The van der Waals surface area contributed by atoms with Crippen LogP contribution < -0.4 is 0 Å². The lowest BCUT2D eigenvalue weighted by atomic mass is 9.77. The molecule has 0 aromatic carbocycles. The van der Waals surface area contributed by atoms with Crippen molar-refractivity contribution in [1.82, 2.24) is 4.90 Å². The minimum atomic E-state index is 0.558. The van der Waals surface area contributed by atoms with E-state index in [1.54, 1.807) is 0 Å². The zero-order chi connectivity index (χ0) is 12.3. The van der Waals surface area contributed by atoms with Gasteiger partial charge in [0.2, 0.25) is 0 Å². The number of ether oxygens (including phenoxy) is 1. The van der Waals surface area contributed by atoms with Crippen molar-refractivity contribution in [2.24, 2.45) is 11.8 Å². The summed E-state index contributed by atoms with van der Waals surface area (Å²) in [6, 6.07) is 0. The SMILES string of the molecule is CCN1CCC(O[C@H]2C[C@H](CC(C)C)C2)CC1. The molecular weight excluding hydrogens is 210 g/mol. The Morgan fingerprint density at radius 2 is 1.76 bits per heavy atom. The molecule has 100 valence electrons. The van der Waals surface area contributed by atoms with Gasteiger partial charge in [-0.3, -0.25) is 0 Å². The maximum absolute atomic E-state index is 6.21. The molecule has 0 unspecified atom stereocenters. The van der Waals surface area contributed by atoms with Crippen molar-refractivity contribution in [1.29, 1.82) is 0 Å². The fourth-order valence-corrected chi connectivity index (χ4v) is 3.28. The lowest BCUT2D eigenvalue weighted by Gasteiger charge is -2.40. The first-order chi connectivity index (χ1) is 8.17. The number of piperidine rings is 1. The van der Waals surface area contributed by atoms with Crippen LogP contribution >= 0.6 is 0 Å². The topological polar surface area (TPSA) is 12.5 Å². The second-order valence-corrected chi connectivity index (χ2v) is 6.36. The van der Waals surface area contributed by atoms with Crippen LogP contribution in [0.4, 0.5) is 0 Å². The summed E-state index contributed by atoms with van der Waals surface area (Å²) in [7, 11) is 0. The van der Waals surface area contributed by atoms with Crippen LogP contribution in [0, 0.1) is 11.8 Å². The molecule has 1 saturated heterocycles. The average molecular weight is 239 g/mol. The van der Waals surface area contributed by atoms with Gasteiger partial charge < -0.3 is 9.64 Å². The number of rotatable bonds is 5. The molecule has 0 atom stereocenters. The zero-order valence-electron chi connectivity index (χ0n) is 11.8. The van der Waals surface area contributed by atoms with Gasteiger partial charge in [-0.1, -0.05) is 20.8 Å². The van der Waals surface area contributed by atoms with Gasteiger partial charge in [-0.15, -0.1) is 0 Å². The molecule has 0 N–H and O–H groups in total. The van der Waals surface area contributed by atoms with Crippen LogP contribution in [0.1, 0.15) is 52.9 Å². The number of hydrogen-bond donors (Lipinski definition) is 0. The summed E-state index contributed by atoms with van der Waals surface area (Å²) in [4.78, 5) is 2.53. The summed E-state index contributed by atoms with van der Waals surface area (Å²) in [6.07, 6.45) is 7.70. The Balaban J connectivity index is 1.58. The predicted molar refractivity (Wildman–Crippen MR) is 72.2 cm³/mol. The minimum absolute atomic E-state index is 0.558. The van der Waals surface area contributed by atoms with E-state index in [0.29, 0.717) is 12.2 Å². The smallest absolute Gasteiger partial charge is 0.0603 e. The number of likely N-dealkylation sites (tertiary alicyclic amines) is 1. The van der Waals surface area contributed by atoms with Gasteiger partial charge in [-0.25, -0.2) is 0 Å². The fourth-order valence-electron chi connectivity index (χ4n) is 3.28. The molecule has 1 aliphatic carbocycles. The van der Waals surface area contributed by atoms with Gasteiger partial charge in [0, 0.05) is 13.1 Å². The molecule has 0 aromatic heterocycles. The third kappa shape index (κ3) is 3.96. The highest BCUT2D eigenvalue weighted by atomic mass is 16.5. The monoisotopic (exact) mass is 239 g/mol. The third-order valence-corrected chi connectivity index (χ3v) is 4.36. The van der Waals surface area contributed by atoms with Crippen molar-refractivity contribution in [3.05, 3.63) is 0 Å². The molecule has 2 aliphatic rings. The van der Waals surface area contributed by atoms with E-state index in [4.69, 9.17) is 4.74 Å². The summed E-state index contributed by atoms with van der Waals surface area (Å²) in [5, 5.41) is 0. The Hall–Kier alpha value is -0.0800. The Morgan fingerprint density at radius 1 is 1.12 bits per heavy atom. The molecule has 2 heteroatoms. The molecular formula is C15H29NO. The number of hydrogen-bond acceptors (Lipinski definition) is 2. The summed E-state index contributed by atoms with van der Waals surface area (Å²) in [6.45, 7) is 10.6. The molecule has 2 rings (SSSR count). The molecule has 0 bridgehead atoms. The molecule has 0 aromatic rings. The van der Waals surface area contributed by atoms with Crippen LogP contribution in [0.15, 0.2) is 0 Å². The highest BCUT2D eigenvalue weighted by molar-refractivity contribution is 4.83. The Labute approximate surface area is 107 Å². The standard InChI is InChI=1S/C15H29NO/c1-4-16-7-5-14(6-8-16)17-15-10-13(11-15)9-12(2)3/h12-15H,4-11H2,1-3H3/t13-,15-. The molecule has 0 spiro atoms. The van der Waals surface area contributed by atoms with E-state index < -0.39 is 0 Å². The van der Waals surface area contributed by atoms with Crippen LogP contribution in [-0.4, -0.2) is 36.7 Å². The Morgan fingerprint density at radius 3 is 2.29 bits per heavy atom. The van der Waals surface area contributed by atoms with E-state index in [-0.39, 0.29) is 0 Å². The maximum Gasteiger partial charge on any atom is 0.0603 e. The first kappa shape index (κ1) is 13.4. The van der Waals surface area contributed by atoms with E-state index in [9.17, 15) is 0 Å². The molecule has 1 heterocycles. The van der Waals surface area contributed by atoms with Crippen molar-refractivity contribution < 1.29 is 4.74 Å². The maximum atomic E-state index is 6.21. The van der Waals surface area contributed by atoms with Crippen LogP contribution in [0.5, 0.6) is 0 Å². The van der Waals surface area contributed by atoms with E-state index >= 15 is 0 Å². The van der Waals surface area contributed by atoms with Gasteiger partial charge in [0.15, 0.2) is 0 Å². The van der Waals surface area contributed by atoms with Crippen LogP contribution in [0.3, 0.4) is 0 Å². The highest BCUT2D eigenvalue weighted by Gasteiger charge is 2.32. The lowest BCUT2D eigenvalue weighted by Crippen LogP contribution is -2.41. The largest absolute Gasteiger partial charge is 0.375 e. The van der Waals surface area contributed by atoms with Crippen LogP contribution in [-0.2, 0) is 4.74 Å². The predicted octanol–water partition coefficient (Wildman–Crippen LogP) is 3.31. The van der Waals surface area contributed by atoms with Gasteiger partial charge in [0.05, 0.1) is 12.2 Å². The summed E-state index contributed by atoms with van der Waals surface area (Å²) in [5.74, 6) is 1.81. The zero-order valence-corrected chi connectivity index (χ0v) is 11.8. The van der Waals surface area contributed by atoms with Gasteiger partial charge in [-0.2, -0.15) is 0 Å². The second-order valence-electron chi connectivity index (χ2n) is 6.36. The van der Waals surface area contributed by atoms with Crippen LogP contribution in [0.2, 0.25) is 0 Å². The summed E-state index contributed by atoms with van der Waals surface area (Å²) >= 11 is 0. The van der Waals surface area contributed by atoms with E-state index in [2.05, 4.69) is 25.7 Å². The van der Waals surface area contributed by atoms with Crippen LogP contribution in [0.25, 0.3) is 0 Å². The third-order valence-electron chi connectivity index (χ3n) is 4.36. The molecule has 2 fully saturated rings. The molecule has 1 saturated carbocycles. The Bertz CT molecular complexity index is 215. The average Bonchev–Trinajstić information content (AvgIpc) is 2.26. The second kappa shape index (κ2) is 6.19. The van der Waals surface area contributed by atoms with Crippen molar-refractivity contribution in [3.8, 4) is 0 Å². The van der Waals surface area contributed by atoms with Gasteiger partial charge in [-0.05, 0) is 50.5 Å². The fraction of sp³-hybridized carbons (Fsp3) is 1.00. The van der Waals surface area contributed by atoms with Gasteiger partial charge >= 0.3 is 0 Å². The number of nitrogens with zero attached hydrogens (tertiary/aromatic N) is 1. The molecule has 17 heavy (non-hydrogen) atoms. The van der Waals surface area contributed by atoms with Crippen molar-refractivity contribution >= 4 is 0 Å². The van der Waals surface area contributed by atoms with Gasteiger partial charge in [0.1, 0.15) is 0 Å². The van der Waals surface area contributed by atoms with E-state index in [1.165, 1.54) is 51.7 Å². The summed E-state index contributed by atoms with van der Waals surface area (Å²) in [5.41, 5.74) is 0. The summed E-state index contributed by atoms with van der Waals surface area (Å²) < 4.78 is 6.21. The highest BCUT2D eigenvalue weighted by Crippen LogP contribution is 2.36.